The molecule has 96 valence electrons. The molecule has 1 saturated heterocycles. The molecule has 5 nitrogen and oxygen atoms in total. The molecule has 0 aromatic heterocycles. The second-order valence-corrected chi connectivity index (χ2v) is 10.1. The van der Waals surface area contributed by atoms with Crippen LogP contribution in [0.1, 0.15) is 13.8 Å². The Labute approximate surface area is 101 Å². The van der Waals surface area contributed by atoms with Crippen molar-refractivity contribution >= 4 is 24.2 Å². The Morgan fingerprint density at radius 2 is 2.38 bits per heavy atom. The average Bonchev–Trinajstić information content (AvgIpc) is 2.13. The Morgan fingerprint density at radius 1 is 1.69 bits per heavy atom. The molecular weight excluding hydrogens is 247 g/mol. The molecule has 1 aliphatic rings. The van der Waals surface area contributed by atoms with Gasteiger partial charge in [-0.3, -0.25) is 0 Å². The molecule has 0 atom stereocenters. The van der Waals surface area contributed by atoms with Gasteiger partial charge < -0.3 is 0 Å². The summed E-state index contributed by atoms with van der Waals surface area (Å²) in [5.41, 5.74) is 0. The summed E-state index contributed by atoms with van der Waals surface area (Å²) in [5, 5.41) is 2.97. The third kappa shape index (κ3) is 4.97. The molecule has 0 aromatic rings. The Morgan fingerprint density at radius 3 is 2.94 bits per heavy atom. The predicted octanol–water partition coefficient (Wildman–Crippen LogP) is 0.651. The standard InChI is InChI=1S/C9H21N2O3PS/c1-8(2)14-9(12)6-10-15(13)7-11(3)4-5-16-15/h8,10,13,15H,4-7H2,1-3H3. The van der Waals surface area contributed by atoms with Crippen LogP contribution in [-0.4, -0.2) is 54.0 Å². The molecule has 0 bridgehead atoms. The first-order chi connectivity index (χ1) is 7.41. The van der Waals surface area contributed by atoms with Crippen LogP contribution in [0.3, 0.4) is 0 Å². The predicted molar refractivity (Wildman–Crippen MR) is 69.7 cm³/mol. The molecule has 1 aliphatic heterocycles. The Hall–Kier alpha value is 0.130. The van der Waals surface area contributed by atoms with E-state index in [4.69, 9.17) is 4.74 Å². The normalized spacial score (nSPS) is 23.1. The van der Waals surface area contributed by atoms with Gasteiger partial charge in [-0.05, 0) is 0 Å². The van der Waals surface area contributed by atoms with E-state index in [-0.39, 0.29) is 18.6 Å². The maximum atomic E-state index is 11.3. The van der Waals surface area contributed by atoms with Crippen LogP contribution in [0.15, 0.2) is 0 Å². The average molecular weight is 268 g/mol. The first-order valence-corrected chi connectivity index (χ1v) is 9.27. The molecule has 1 rings (SSSR count). The van der Waals surface area contributed by atoms with Gasteiger partial charge >= 0.3 is 101 Å². The molecular formula is C9H21N2O3PS. The second-order valence-electron chi connectivity index (χ2n) is 4.26. The van der Waals surface area contributed by atoms with E-state index < -0.39 is 6.84 Å². The molecule has 2 N–H and O–H groups in total. The van der Waals surface area contributed by atoms with Crippen molar-refractivity contribution in [3.05, 3.63) is 0 Å². The van der Waals surface area contributed by atoms with Crippen molar-refractivity contribution in [1.29, 1.82) is 0 Å². The summed E-state index contributed by atoms with van der Waals surface area (Å²) >= 11 is 1.56. The molecule has 0 spiro atoms. The van der Waals surface area contributed by atoms with Gasteiger partial charge in [0.05, 0.1) is 0 Å². The Balaban J connectivity index is 2.32. The quantitative estimate of drug-likeness (QED) is 0.577. The van der Waals surface area contributed by atoms with Crippen molar-refractivity contribution in [2.24, 2.45) is 0 Å². The Kier molecular flexibility index (Phi) is 5.47. The second kappa shape index (κ2) is 6.17. The summed E-state index contributed by atoms with van der Waals surface area (Å²) in [6.07, 6.45) is 0.541. The summed E-state index contributed by atoms with van der Waals surface area (Å²) in [7, 11) is 1.98. The van der Waals surface area contributed by atoms with Crippen molar-refractivity contribution in [3.8, 4) is 0 Å². The Bertz CT molecular complexity index is 255. The van der Waals surface area contributed by atoms with Crippen LogP contribution in [0, 0.1) is 0 Å². The van der Waals surface area contributed by atoms with Crippen LogP contribution in [-0.2, 0) is 9.53 Å². The molecule has 0 saturated carbocycles. The number of carbonyl (C=O) groups excluding carboxylic acids is 1. The van der Waals surface area contributed by atoms with Crippen molar-refractivity contribution in [3.63, 3.8) is 0 Å². The fourth-order valence-electron chi connectivity index (χ4n) is 1.48. The van der Waals surface area contributed by atoms with E-state index in [2.05, 4.69) is 9.99 Å². The number of rotatable bonds is 4. The van der Waals surface area contributed by atoms with Crippen LogP contribution in [0.4, 0.5) is 0 Å². The van der Waals surface area contributed by atoms with E-state index in [0.717, 1.165) is 12.3 Å². The van der Waals surface area contributed by atoms with Crippen molar-refractivity contribution in [1.82, 2.24) is 9.99 Å². The zero-order valence-corrected chi connectivity index (χ0v) is 11.8. The molecule has 1 fully saturated rings. The number of nitrogens with one attached hydrogen (secondary N) is 1. The van der Waals surface area contributed by atoms with Gasteiger partial charge in [-0.2, -0.15) is 0 Å². The molecule has 0 amide bonds. The van der Waals surface area contributed by atoms with Gasteiger partial charge in [-0.25, -0.2) is 0 Å². The molecule has 7 heteroatoms. The van der Waals surface area contributed by atoms with Gasteiger partial charge in [0.25, 0.3) is 0 Å². The van der Waals surface area contributed by atoms with E-state index in [1.165, 1.54) is 0 Å². The number of hydrogen-bond donors (Lipinski definition) is 2. The maximum absolute atomic E-state index is 11.3. The number of esters is 1. The van der Waals surface area contributed by atoms with E-state index in [9.17, 15) is 9.69 Å². The molecule has 1 heterocycles. The van der Waals surface area contributed by atoms with Gasteiger partial charge in [0.15, 0.2) is 0 Å². The minimum atomic E-state index is -2.52. The number of hydrogen-bond acceptors (Lipinski definition) is 6. The van der Waals surface area contributed by atoms with Crippen LogP contribution in [0.2, 0.25) is 0 Å². The van der Waals surface area contributed by atoms with Crippen molar-refractivity contribution in [2.45, 2.75) is 20.0 Å². The third-order valence-corrected chi connectivity index (χ3v) is 7.60. The molecule has 0 unspecified atom stereocenters. The molecule has 0 aliphatic carbocycles. The summed E-state index contributed by atoms with van der Waals surface area (Å²) in [4.78, 5) is 23.7. The van der Waals surface area contributed by atoms with Crippen LogP contribution < -0.4 is 5.09 Å². The fraction of sp³-hybridized carbons (Fsp3) is 0.889. The van der Waals surface area contributed by atoms with Gasteiger partial charge in [0, 0.05) is 0 Å². The van der Waals surface area contributed by atoms with E-state index in [1.807, 2.05) is 20.9 Å². The SMILES string of the molecule is CC(C)OC(=O)CN[PH]1(O)CN(C)CCS1. The molecule has 0 radical (unpaired) electrons. The van der Waals surface area contributed by atoms with Gasteiger partial charge in [-0.1, -0.05) is 0 Å². The number of nitrogens with zero attached hydrogens (tertiary/aromatic N) is 1. The number of carbonyl (C=O) groups is 1. The molecule has 0 aromatic carbocycles. The summed E-state index contributed by atoms with van der Waals surface area (Å²) in [5.74, 6) is 0.607. The summed E-state index contributed by atoms with van der Waals surface area (Å²) in [6.45, 7) is 2.19. The van der Waals surface area contributed by atoms with Crippen molar-refractivity contribution in [2.75, 3.05) is 32.2 Å². The van der Waals surface area contributed by atoms with Gasteiger partial charge in [-0.15, -0.1) is 0 Å². The van der Waals surface area contributed by atoms with Crippen LogP contribution in [0.5, 0.6) is 0 Å². The van der Waals surface area contributed by atoms with E-state index >= 15 is 0 Å². The zero-order valence-electron chi connectivity index (χ0n) is 10.0. The van der Waals surface area contributed by atoms with E-state index in [0.29, 0.717) is 6.29 Å². The summed E-state index contributed by atoms with van der Waals surface area (Å²) in [6, 6.07) is 0. The zero-order chi connectivity index (χ0) is 12.2. The van der Waals surface area contributed by atoms with Crippen LogP contribution >= 0.6 is 18.2 Å². The van der Waals surface area contributed by atoms with Gasteiger partial charge in [0.1, 0.15) is 0 Å². The van der Waals surface area contributed by atoms with Crippen LogP contribution in [0.25, 0.3) is 0 Å². The van der Waals surface area contributed by atoms with E-state index in [1.54, 1.807) is 11.4 Å². The minimum absolute atomic E-state index is 0.0990. The topological polar surface area (TPSA) is 61.8 Å². The first kappa shape index (κ1) is 14.2. The molecule has 16 heavy (non-hydrogen) atoms. The summed E-state index contributed by atoms with van der Waals surface area (Å²) < 4.78 is 5.00. The fourth-order valence-corrected chi connectivity index (χ4v) is 6.58. The first-order valence-electron chi connectivity index (χ1n) is 5.41. The monoisotopic (exact) mass is 268 g/mol. The van der Waals surface area contributed by atoms with Crippen molar-refractivity contribution < 1.29 is 14.4 Å². The van der Waals surface area contributed by atoms with Gasteiger partial charge in [0.2, 0.25) is 0 Å². The number of ether oxygens (including phenoxy) is 1. The third-order valence-electron chi connectivity index (χ3n) is 2.17.